The summed E-state index contributed by atoms with van der Waals surface area (Å²) in [5, 5.41) is 0. The van der Waals surface area contributed by atoms with E-state index in [2.05, 4.69) is 56.2 Å². The first-order valence-electron chi connectivity index (χ1n) is 6.43. The van der Waals surface area contributed by atoms with Gasteiger partial charge >= 0.3 is 0 Å². The van der Waals surface area contributed by atoms with Gasteiger partial charge in [0.1, 0.15) is 0 Å². The maximum absolute atomic E-state index is 11.7. The summed E-state index contributed by atoms with van der Waals surface area (Å²) in [4.78, 5) is 13.8. The predicted molar refractivity (Wildman–Crippen MR) is 78.6 cm³/mol. The molecule has 102 valence electrons. The Morgan fingerprint density at radius 3 is 2.68 bits per heavy atom. The SMILES string of the molecule is CC1=CC(C)(C)N(CC(=O)NN)c2c(C)cccc21. The van der Waals surface area contributed by atoms with E-state index in [1.165, 1.54) is 16.7 Å². The Morgan fingerprint density at radius 1 is 1.37 bits per heavy atom. The third kappa shape index (κ3) is 2.36. The molecule has 0 spiro atoms. The summed E-state index contributed by atoms with van der Waals surface area (Å²) in [6, 6.07) is 6.21. The Balaban J connectivity index is 2.56. The van der Waals surface area contributed by atoms with Gasteiger partial charge in [-0.25, -0.2) is 5.84 Å². The van der Waals surface area contributed by atoms with Gasteiger partial charge in [0.25, 0.3) is 5.91 Å². The van der Waals surface area contributed by atoms with Crippen LogP contribution in [0.1, 0.15) is 31.9 Å². The van der Waals surface area contributed by atoms with Crippen molar-refractivity contribution in [3.63, 3.8) is 0 Å². The molecule has 4 nitrogen and oxygen atoms in total. The molecule has 1 aromatic carbocycles. The number of rotatable bonds is 2. The summed E-state index contributed by atoms with van der Waals surface area (Å²) in [6.45, 7) is 8.65. The Labute approximate surface area is 114 Å². The van der Waals surface area contributed by atoms with E-state index >= 15 is 0 Å². The van der Waals surface area contributed by atoms with Crippen molar-refractivity contribution in [2.75, 3.05) is 11.4 Å². The molecule has 2 rings (SSSR count). The molecule has 0 radical (unpaired) electrons. The molecule has 1 heterocycles. The Morgan fingerprint density at radius 2 is 2.05 bits per heavy atom. The molecule has 0 unspecified atom stereocenters. The summed E-state index contributed by atoms with van der Waals surface area (Å²) < 4.78 is 0. The number of carbonyl (C=O) groups excluding carboxylic acids is 1. The van der Waals surface area contributed by atoms with Crippen LogP contribution in [0, 0.1) is 6.92 Å². The number of allylic oxidation sites excluding steroid dienone is 1. The van der Waals surface area contributed by atoms with E-state index in [-0.39, 0.29) is 18.0 Å². The van der Waals surface area contributed by atoms with E-state index in [0.29, 0.717) is 0 Å². The van der Waals surface area contributed by atoms with Crippen LogP contribution in [0.2, 0.25) is 0 Å². The number of anilines is 1. The largest absolute Gasteiger partial charge is 0.353 e. The Bertz CT molecular complexity index is 546. The molecule has 0 bridgehead atoms. The van der Waals surface area contributed by atoms with Gasteiger partial charge in [0.15, 0.2) is 0 Å². The molecule has 0 saturated heterocycles. The average Bonchev–Trinajstić information content (AvgIpc) is 2.33. The fourth-order valence-corrected chi connectivity index (χ4v) is 2.78. The smallest absolute Gasteiger partial charge is 0.253 e. The molecule has 0 aliphatic carbocycles. The molecule has 0 atom stereocenters. The van der Waals surface area contributed by atoms with Crippen LogP contribution in [0.4, 0.5) is 5.69 Å². The normalized spacial score (nSPS) is 16.7. The lowest BCUT2D eigenvalue weighted by molar-refractivity contribution is -0.120. The predicted octanol–water partition coefficient (Wildman–Crippen LogP) is 1.99. The standard InChI is InChI=1S/C15H21N3O/c1-10-6-5-7-12-11(2)8-15(3,4)18(14(10)12)9-13(19)17-16/h5-8H,9,16H2,1-4H3,(H,17,19). The van der Waals surface area contributed by atoms with Crippen LogP contribution in [0.25, 0.3) is 5.57 Å². The zero-order chi connectivity index (χ0) is 14.2. The fraction of sp³-hybridized carbons (Fsp3) is 0.400. The lowest BCUT2D eigenvalue weighted by Crippen LogP contribution is -2.51. The third-order valence-electron chi connectivity index (χ3n) is 3.66. The van der Waals surface area contributed by atoms with Crippen LogP contribution in [-0.2, 0) is 4.79 Å². The van der Waals surface area contributed by atoms with Gasteiger partial charge in [-0.15, -0.1) is 0 Å². The zero-order valence-electron chi connectivity index (χ0n) is 11.9. The summed E-state index contributed by atoms with van der Waals surface area (Å²) >= 11 is 0. The van der Waals surface area contributed by atoms with E-state index in [0.717, 1.165) is 5.69 Å². The van der Waals surface area contributed by atoms with Crippen molar-refractivity contribution in [3.8, 4) is 0 Å². The van der Waals surface area contributed by atoms with E-state index in [1.807, 2.05) is 6.07 Å². The van der Waals surface area contributed by atoms with Crippen molar-refractivity contribution in [2.45, 2.75) is 33.2 Å². The summed E-state index contributed by atoms with van der Waals surface area (Å²) in [5.41, 5.74) is 6.72. The highest BCUT2D eigenvalue weighted by atomic mass is 16.2. The number of amides is 1. The van der Waals surface area contributed by atoms with Crippen molar-refractivity contribution < 1.29 is 4.79 Å². The minimum Gasteiger partial charge on any atom is -0.353 e. The molecule has 19 heavy (non-hydrogen) atoms. The molecule has 1 aliphatic rings. The van der Waals surface area contributed by atoms with Gasteiger partial charge in [-0.05, 0) is 38.8 Å². The van der Waals surface area contributed by atoms with Gasteiger partial charge in [-0.2, -0.15) is 0 Å². The van der Waals surface area contributed by atoms with Crippen LogP contribution in [-0.4, -0.2) is 18.0 Å². The second-order valence-electron chi connectivity index (χ2n) is 5.61. The number of nitrogens with one attached hydrogen (secondary N) is 1. The van der Waals surface area contributed by atoms with Gasteiger partial charge in [-0.1, -0.05) is 24.3 Å². The summed E-state index contributed by atoms with van der Waals surface area (Å²) in [6.07, 6.45) is 2.19. The monoisotopic (exact) mass is 259 g/mol. The van der Waals surface area contributed by atoms with E-state index < -0.39 is 0 Å². The van der Waals surface area contributed by atoms with Gasteiger partial charge < -0.3 is 4.90 Å². The van der Waals surface area contributed by atoms with Gasteiger partial charge in [0, 0.05) is 11.3 Å². The van der Waals surface area contributed by atoms with Crippen molar-refractivity contribution >= 4 is 17.2 Å². The first-order chi connectivity index (χ1) is 8.86. The number of carbonyl (C=O) groups is 1. The van der Waals surface area contributed by atoms with E-state index in [1.54, 1.807) is 0 Å². The number of fused-ring (bicyclic) bond motifs is 1. The number of aryl methyl sites for hydroxylation is 1. The minimum absolute atomic E-state index is 0.185. The van der Waals surface area contributed by atoms with Crippen LogP contribution < -0.4 is 16.2 Å². The number of benzene rings is 1. The van der Waals surface area contributed by atoms with Gasteiger partial charge in [0.2, 0.25) is 0 Å². The highest BCUT2D eigenvalue weighted by Crippen LogP contribution is 2.40. The van der Waals surface area contributed by atoms with Crippen LogP contribution in [0.15, 0.2) is 24.3 Å². The molecule has 0 aromatic heterocycles. The maximum Gasteiger partial charge on any atom is 0.253 e. The first kappa shape index (κ1) is 13.6. The molecule has 1 amide bonds. The van der Waals surface area contributed by atoms with Crippen molar-refractivity contribution in [3.05, 3.63) is 35.4 Å². The topological polar surface area (TPSA) is 58.4 Å². The number of nitrogens with two attached hydrogens (primary N) is 1. The lowest BCUT2D eigenvalue weighted by atomic mass is 9.87. The molecular formula is C15H21N3O. The molecule has 0 fully saturated rings. The van der Waals surface area contributed by atoms with Gasteiger partial charge in [-0.3, -0.25) is 10.2 Å². The summed E-state index contributed by atoms with van der Waals surface area (Å²) in [7, 11) is 0. The molecular weight excluding hydrogens is 238 g/mol. The highest BCUT2D eigenvalue weighted by Gasteiger charge is 2.33. The highest BCUT2D eigenvalue weighted by molar-refractivity contribution is 5.88. The Kier molecular flexibility index (Phi) is 3.37. The van der Waals surface area contributed by atoms with Crippen molar-refractivity contribution in [1.29, 1.82) is 0 Å². The third-order valence-corrected chi connectivity index (χ3v) is 3.66. The second-order valence-corrected chi connectivity index (χ2v) is 5.61. The number of hydrogen-bond acceptors (Lipinski definition) is 3. The fourth-order valence-electron chi connectivity index (χ4n) is 2.78. The number of nitrogens with zero attached hydrogens (tertiary/aromatic N) is 1. The molecule has 1 aliphatic heterocycles. The Hall–Kier alpha value is -1.81. The number of hydrazine groups is 1. The van der Waals surface area contributed by atoms with Crippen molar-refractivity contribution in [2.24, 2.45) is 5.84 Å². The van der Waals surface area contributed by atoms with Crippen LogP contribution in [0.3, 0.4) is 0 Å². The number of hydrogen-bond donors (Lipinski definition) is 2. The molecule has 3 N–H and O–H groups in total. The molecule has 4 heteroatoms. The van der Waals surface area contributed by atoms with Crippen molar-refractivity contribution in [1.82, 2.24) is 5.43 Å². The average molecular weight is 259 g/mol. The van der Waals surface area contributed by atoms with Gasteiger partial charge in [0.05, 0.1) is 12.1 Å². The quantitative estimate of drug-likeness (QED) is 0.485. The second kappa shape index (κ2) is 4.70. The van der Waals surface area contributed by atoms with E-state index in [4.69, 9.17) is 5.84 Å². The number of para-hydroxylation sites is 1. The van der Waals surface area contributed by atoms with E-state index in [9.17, 15) is 4.79 Å². The minimum atomic E-state index is -0.213. The molecule has 0 saturated carbocycles. The maximum atomic E-state index is 11.7. The zero-order valence-corrected chi connectivity index (χ0v) is 11.9. The molecule has 1 aromatic rings. The van der Waals surface area contributed by atoms with Crippen LogP contribution >= 0.6 is 0 Å². The van der Waals surface area contributed by atoms with Crippen LogP contribution in [0.5, 0.6) is 0 Å². The first-order valence-corrected chi connectivity index (χ1v) is 6.43. The summed E-state index contributed by atoms with van der Waals surface area (Å²) in [5.74, 6) is 5.04. The lowest BCUT2D eigenvalue weighted by Gasteiger charge is -2.43.